The summed E-state index contributed by atoms with van der Waals surface area (Å²) in [6, 6.07) is -0.910. The second kappa shape index (κ2) is 15.3. The van der Waals surface area contributed by atoms with Gasteiger partial charge in [-0.2, -0.15) is 0 Å². The Morgan fingerprint density at radius 1 is 1.08 bits per heavy atom. The summed E-state index contributed by atoms with van der Waals surface area (Å²) in [6.45, 7) is 11.5. The number of aromatic nitrogens is 4. The number of ether oxygens (including phenoxy) is 3. The molecule has 0 fully saturated rings. The number of unbranched alkanes of at least 4 members (excludes halogenated alkanes) is 3. The molecule has 0 aliphatic rings. The van der Waals surface area contributed by atoms with Crippen LogP contribution in [0.3, 0.4) is 0 Å². The van der Waals surface area contributed by atoms with E-state index in [1.54, 1.807) is 38.6 Å². The zero-order valence-corrected chi connectivity index (χ0v) is 24.8. The van der Waals surface area contributed by atoms with Gasteiger partial charge in [0, 0.05) is 0 Å². The summed E-state index contributed by atoms with van der Waals surface area (Å²) in [6.07, 6.45) is 6.47. The van der Waals surface area contributed by atoms with Gasteiger partial charge in [0.1, 0.15) is 29.8 Å². The van der Waals surface area contributed by atoms with Gasteiger partial charge in [-0.3, -0.25) is 14.2 Å². The van der Waals surface area contributed by atoms with E-state index in [0.29, 0.717) is 17.7 Å². The highest BCUT2D eigenvalue weighted by Crippen LogP contribution is 2.40. The molecule has 0 amide bonds. The second-order valence-corrected chi connectivity index (χ2v) is 12.3. The third-order valence-corrected chi connectivity index (χ3v) is 8.11. The molecule has 14 heteroatoms. The van der Waals surface area contributed by atoms with Crippen molar-refractivity contribution in [3.8, 4) is 0 Å². The van der Waals surface area contributed by atoms with Crippen LogP contribution in [0, 0.1) is 0 Å². The quantitative estimate of drug-likeness (QED) is 0.136. The van der Waals surface area contributed by atoms with Gasteiger partial charge in [-0.15, -0.1) is 0 Å². The van der Waals surface area contributed by atoms with Gasteiger partial charge in [-0.25, -0.2) is 25.1 Å². The standard InChI is InChI=1S/C25H44N7O6P/c1-7-9-11-13-37-24(34)25(5,6)31-39(35,30-19(4)23(33)36-12-10-8-2)17-38-18(3)14-32-16-29-20-21(26)27-15-28-22(20)32/h15-16,18-19H,7-14,17H2,1-6H3,(H2,26,27,28)(H2,30,31,35)/t18-,19+,39?/m0/s1. The lowest BCUT2D eigenvalue weighted by atomic mass is 10.1. The number of rotatable bonds is 18. The fraction of sp³-hybridized carbons (Fsp3) is 0.720. The number of carbonyl (C=O) groups is 2. The molecule has 0 saturated heterocycles. The van der Waals surface area contributed by atoms with Crippen LogP contribution in [0.25, 0.3) is 11.2 Å². The van der Waals surface area contributed by atoms with Gasteiger partial charge in [0.2, 0.25) is 7.44 Å². The van der Waals surface area contributed by atoms with Crippen molar-refractivity contribution in [2.75, 3.05) is 25.3 Å². The first-order chi connectivity index (χ1) is 18.4. The van der Waals surface area contributed by atoms with E-state index in [1.807, 2.05) is 6.92 Å². The van der Waals surface area contributed by atoms with Gasteiger partial charge in [0.25, 0.3) is 0 Å². The molecule has 4 N–H and O–H groups in total. The molecule has 2 aromatic heterocycles. The van der Waals surface area contributed by atoms with Crippen molar-refractivity contribution in [2.24, 2.45) is 0 Å². The molecule has 2 rings (SSSR count). The molecular formula is C25H44N7O6P. The first-order valence-electron chi connectivity index (χ1n) is 13.5. The van der Waals surface area contributed by atoms with Gasteiger partial charge < -0.3 is 24.5 Å². The van der Waals surface area contributed by atoms with Crippen LogP contribution < -0.4 is 15.9 Å². The number of imidazole rings is 1. The fourth-order valence-electron chi connectivity index (χ4n) is 3.70. The minimum Gasteiger partial charge on any atom is -0.465 e. The van der Waals surface area contributed by atoms with Crippen molar-refractivity contribution >= 4 is 36.4 Å². The maximum atomic E-state index is 14.1. The first-order valence-corrected chi connectivity index (χ1v) is 15.3. The van der Waals surface area contributed by atoms with Crippen molar-refractivity contribution in [2.45, 2.75) is 97.9 Å². The minimum atomic E-state index is -3.68. The van der Waals surface area contributed by atoms with Crippen molar-refractivity contribution in [3.05, 3.63) is 12.7 Å². The molecule has 0 saturated carbocycles. The van der Waals surface area contributed by atoms with Crippen molar-refractivity contribution in [1.29, 1.82) is 0 Å². The number of fused-ring (bicyclic) bond motifs is 1. The van der Waals surface area contributed by atoms with Gasteiger partial charge in [-0.05, 0) is 40.5 Å². The molecule has 0 bridgehead atoms. The number of nitrogens with zero attached hydrogens (tertiary/aromatic N) is 4. The normalized spacial score (nSPS) is 15.0. The SMILES string of the molecule is CCCCCOC(=O)C(C)(C)NP(=O)(CO[C@@H](C)Cn1cnc2c(N)ncnc21)N[C@H](C)C(=O)OCCCC. The van der Waals surface area contributed by atoms with Crippen LogP contribution in [0.4, 0.5) is 5.82 Å². The van der Waals surface area contributed by atoms with E-state index in [0.717, 1.165) is 32.1 Å². The molecule has 13 nitrogen and oxygen atoms in total. The minimum absolute atomic E-state index is 0.272. The largest absolute Gasteiger partial charge is 0.465 e. The Bertz CT molecular complexity index is 1130. The second-order valence-electron chi connectivity index (χ2n) is 10.1. The summed E-state index contributed by atoms with van der Waals surface area (Å²) in [5, 5.41) is 5.74. The number of anilines is 1. The molecule has 0 aliphatic heterocycles. The van der Waals surface area contributed by atoms with Crippen LogP contribution in [-0.2, 0) is 34.9 Å². The van der Waals surface area contributed by atoms with Crippen LogP contribution in [0.15, 0.2) is 12.7 Å². The van der Waals surface area contributed by atoms with E-state index in [1.165, 1.54) is 6.33 Å². The summed E-state index contributed by atoms with van der Waals surface area (Å²) in [4.78, 5) is 37.7. The molecule has 2 aromatic rings. The fourth-order valence-corrected chi connectivity index (χ4v) is 6.09. The van der Waals surface area contributed by atoms with Gasteiger partial charge in [0.15, 0.2) is 11.5 Å². The average Bonchev–Trinajstić information content (AvgIpc) is 3.29. The molecular weight excluding hydrogens is 525 g/mol. The van der Waals surface area contributed by atoms with Crippen molar-refractivity contribution in [3.63, 3.8) is 0 Å². The summed E-state index contributed by atoms with van der Waals surface area (Å²) < 4.78 is 32.5. The number of hydrogen-bond acceptors (Lipinski definition) is 10. The van der Waals surface area contributed by atoms with E-state index >= 15 is 0 Å². The summed E-state index contributed by atoms with van der Waals surface area (Å²) in [7, 11) is -3.68. The molecule has 0 radical (unpaired) electrons. The van der Waals surface area contributed by atoms with E-state index < -0.39 is 37.1 Å². The number of hydrogen-bond donors (Lipinski definition) is 3. The van der Waals surface area contributed by atoms with Gasteiger partial charge in [-0.1, -0.05) is 33.1 Å². The number of esters is 2. The van der Waals surface area contributed by atoms with E-state index in [4.69, 9.17) is 19.9 Å². The Hall–Kier alpha value is -2.60. The Morgan fingerprint density at radius 2 is 1.77 bits per heavy atom. The number of carbonyl (C=O) groups excluding carboxylic acids is 2. The maximum absolute atomic E-state index is 14.1. The smallest absolute Gasteiger partial charge is 0.326 e. The number of nitrogens with one attached hydrogen (secondary N) is 2. The van der Waals surface area contributed by atoms with E-state index in [9.17, 15) is 14.2 Å². The van der Waals surface area contributed by atoms with Crippen LogP contribution in [0.2, 0.25) is 0 Å². The lowest BCUT2D eigenvalue weighted by Crippen LogP contribution is -2.50. The summed E-state index contributed by atoms with van der Waals surface area (Å²) >= 11 is 0. The Balaban J connectivity index is 2.12. The zero-order chi connectivity index (χ0) is 29.1. The van der Waals surface area contributed by atoms with Crippen LogP contribution >= 0.6 is 7.44 Å². The first kappa shape index (κ1) is 32.6. The molecule has 2 heterocycles. The molecule has 1 unspecified atom stereocenters. The molecule has 0 spiro atoms. The predicted octanol–water partition coefficient (Wildman–Crippen LogP) is 3.39. The molecule has 39 heavy (non-hydrogen) atoms. The zero-order valence-electron chi connectivity index (χ0n) is 23.9. The highest BCUT2D eigenvalue weighted by atomic mass is 31.2. The molecule has 0 aromatic carbocycles. The van der Waals surface area contributed by atoms with Crippen LogP contribution in [0.5, 0.6) is 0 Å². The van der Waals surface area contributed by atoms with Gasteiger partial charge in [0.05, 0.1) is 32.2 Å². The van der Waals surface area contributed by atoms with Crippen molar-refractivity contribution < 1.29 is 28.4 Å². The third kappa shape index (κ3) is 10.1. The topological polar surface area (TPSA) is 173 Å². The maximum Gasteiger partial charge on any atom is 0.326 e. The van der Waals surface area contributed by atoms with Gasteiger partial charge >= 0.3 is 11.9 Å². The molecule has 0 aliphatic carbocycles. The molecule has 3 atom stereocenters. The van der Waals surface area contributed by atoms with Crippen molar-refractivity contribution in [1.82, 2.24) is 29.7 Å². The highest BCUT2D eigenvalue weighted by molar-refractivity contribution is 7.59. The summed E-state index contributed by atoms with van der Waals surface area (Å²) in [5.41, 5.74) is 5.58. The third-order valence-electron chi connectivity index (χ3n) is 5.87. The van der Waals surface area contributed by atoms with E-state index in [2.05, 4.69) is 32.1 Å². The number of nitrogens with two attached hydrogens (primary N) is 1. The Morgan fingerprint density at radius 3 is 2.46 bits per heavy atom. The monoisotopic (exact) mass is 569 g/mol. The van der Waals surface area contributed by atoms with Crippen LogP contribution in [0.1, 0.15) is 73.6 Å². The average molecular weight is 570 g/mol. The number of nitrogen functional groups attached to an aromatic ring is 1. The Labute approximate surface area is 230 Å². The lowest BCUT2D eigenvalue weighted by molar-refractivity contribution is -0.149. The van der Waals surface area contributed by atoms with E-state index in [-0.39, 0.29) is 25.4 Å². The summed E-state index contributed by atoms with van der Waals surface area (Å²) in [5.74, 6) is -0.816. The predicted molar refractivity (Wildman–Crippen MR) is 149 cm³/mol. The van der Waals surface area contributed by atoms with Crippen LogP contribution in [-0.4, -0.2) is 68.7 Å². The molecule has 220 valence electrons. The lowest BCUT2D eigenvalue weighted by Gasteiger charge is -2.32. The Kier molecular flexibility index (Phi) is 12.8. The highest BCUT2D eigenvalue weighted by Gasteiger charge is 2.39.